The van der Waals surface area contributed by atoms with Crippen LogP contribution in [0.4, 0.5) is 0 Å². The molecule has 0 heterocycles. The predicted molar refractivity (Wildman–Crippen MR) is 241 cm³/mol. The lowest BCUT2D eigenvalue weighted by molar-refractivity contribution is 1.61. The van der Waals surface area contributed by atoms with Crippen molar-refractivity contribution >= 4 is 53.9 Å². The summed E-state index contributed by atoms with van der Waals surface area (Å²) in [6.45, 7) is 0. The molecule has 11 aromatic rings. The third kappa shape index (κ3) is 5.30. The van der Waals surface area contributed by atoms with Crippen molar-refractivity contribution in [3.05, 3.63) is 218 Å². The standard InChI is InChI=1S/C56H36/c1-3-15-37(16-4-1)43-29-31-47-48-32-30-44(52-34-42-22-8-7-21-41(42)33-51(52)40-17-5-2-6-18-40)36-54(48)56(50-28-14-24-39-20-10-12-26-46(39)50)55(53(47)35-43)49-27-13-23-38-19-9-11-25-45(38)49/h1-36H. The molecule has 0 aliphatic heterocycles. The molecule has 0 radical (unpaired) electrons. The van der Waals surface area contributed by atoms with Crippen molar-refractivity contribution in [2.45, 2.75) is 0 Å². The average Bonchev–Trinajstić information content (AvgIpc) is 3.28. The fourth-order valence-corrected chi connectivity index (χ4v) is 9.00. The van der Waals surface area contributed by atoms with Crippen LogP contribution in [0, 0.1) is 0 Å². The Morgan fingerprint density at radius 2 is 0.589 bits per heavy atom. The van der Waals surface area contributed by atoms with Crippen molar-refractivity contribution in [3.8, 4) is 55.6 Å². The molecule has 0 atom stereocenters. The van der Waals surface area contributed by atoms with Gasteiger partial charge in [-0.25, -0.2) is 0 Å². The maximum Gasteiger partial charge on any atom is -0.00137 e. The highest BCUT2D eigenvalue weighted by Crippen LogP contribution is 2.50. The van der Waals surface area contributed by atoms with Gasteiger partial charge in [0.1, 0.15) is 0 Å². The monoisotopic (exact) mass is 708 g/mol. The van der Waals surface area contributed by atoms with Crippen LogP contribution in [-0.4, -0.2) is 0 Å². The van der Waals surface area contributed by atoms with Crippen LogP contribution in [0.25, 0.3) is 109 Å². The molecule has 0 nitrogen and oxygen atoms in total. The minimum absolute atomic E-state index is 1.20. The molecule has 11 rings (SSSR count). The highest BCUT2D eigenvalue weighted by atomic mass is 14.2. The normalized spacial score (nSPS) is 11.6. The summed E-state index contributed by atoms with van der Waals surface area (Å²) in [4.78, 5) is 0. The van der Waals surface area contributed by atoms with Gasteiger partial charge < -0.3 is 0 Å². The molecule has 0 fully saturated rings. The van der Waals surface area contributed by atoms with Gasteiger partial charge in [0.05, 0.1) is 0 Å². The van der Waals surface area contributed by atoms with Crippen LogP contribution in [-0.2, 0) is 0 Å². The van der Waals surface area contributed by atoms with Gasteiger partial charge in [0.2, 0.25) is 0 Å². The topological polar surface area (TPSA) is 0 Å². The lowest BCUT2D eigenvalue weighted by atomic mass is 9.80. The van der Waals surface area contributed by atoms with Gasteiger partial charge in [-0.3, -0.25) is 0 Å². The molecular formula is C56H36. The first-order valence-corrected chi connectivity index (χ1v) is 19.4. The van der Waals surface area contributed by atoms with E-state index in [9.17, 15) is 0 Å². The Kier molecular flexibility index (Phi) is 7.60. The van der Waals surface area contributed by atoms with E-state index in [1.165, 1.54) is 109 Å². The van der Waals surface area contributed by atoms with Gasteiger partial charge in [0.15, 0.2) is 0 Å². The van der Waals surface area contributed by atoms with E-state index in [-0.39, 0.29) is 0 Å². The predicted octanol–water partition coefficient (Wildman–Crippen LogP) is 15.8. The first-order valence-electron chi connectivity index (χ1n) is 19.4. The van der Waals surface area contributed by atoms with E-state index in [2.05, 4.69) is 218 Å². The number of hydrogen-bond donors (Lipinski definition) is 0. The third-order valence-electron chi connectivity index (χ3n) is 11.6. The Balaban J connectivity index is 1.33. The molecule has 0 aliphatic rings. The van der Waals surface area contributed by atoms with Gasteiger partial charge in [0, 0.05) is 0 Å². The zero-order valence-corrected chi connectivity index (χ0v) is 30.8. The lowest BCUT2D eigenvalue weighted by Gasteiger charge is -2.22. The van der Waals surface area contributed by atoms with Crippen molar-refractivity contribution in [2.75, 3.05) is 0 Å². The highest BCUT2D eigenvalue weighted by Gasteiger charge is 2.22. The summed E-state index contributed by atoms with van der Waals surface area (Å²) in [5, 5.41) is 12.4. The summed E-state index contributed by atoms with van der Waals surface area (Å²) < 4.78 is 0. The molecule has 0 amide bonds. The van der Waals surface area contributed by atoms with Crippen molar-refractivity contribution in [3.63, 3.8) is 0 Å². The SMILES string of the molecule is c1ccc(-c2ccc3c(c2)c(-c2cccc4ccccc24)c(-c2cccc4ccccc24)c2cc(-c4cc5ccccc5cc4-c4ccccc4)ccc23)cc1. The molecule has 0 bridgehead atoms. The summed E-state index contributed by atoms with van der Waals surface area (Å²) >= 11 is 0. The van der Waals surface area contributed by atoms with Crippen molar-refractivity contribution in [1.29, 1.82) is 0 Å². The Morgan fingerprint density at radius 3 is 1.14 bits per heavy atom. The van der Waals surface area contributed by atoms with E-state index in [1.807, 2.05) is 0 Å². The van der Waals surface area contributed by atoms with E-state index in [1.54, 1.807) is 0 Å². The van der Waals surface area contributed by atoms with E-state index in [4.69, 9.17) is 0 Å². The largest absolute Gasteiger partial charge is 0.0622 e. The summed E-state index contributed by atoms with van der Waals surface area (Å²) in [6.07, 6.45) is 0. The number of hydrogen-bond acceptors (Lipinski definition) is 0. The molecule has 0 heteroatoms. The molecule has 0 saturated carbocycles. The summed E-state index contributed by atoms with van der Waals surface area (Å²) in [7, 11) is 0. The van der Waals surface area contributed by atoms with Gasteiger partial charge in [0.25, 0.3) is 0 Å². The van der Waals surface area contributed by atoms with Crippen LogP contribution >= 0.6 is 0 Å². The zero-order valence-electron chi connectivity index (χ0n) is 30.8. The van der Waals surface area contributed by atoms with Gasteiger partial charge in [-0.1, -0.05) is 194 Å². The number of benzene rings is 11. The fraction of sp³-hybridized carbons (Fsp3) is 0. The second kappa shape index (κ2) is 13.2. The molecule has 0 saturated heterocycles. The van der Waals surface area contributed by atoms with Crippen molar-refractivity contribution in [1.82, 2.24) is 0 Å². The molecule has 0 aliphatic carbocycles. The van der Waals surface area contributed by atoms with Gasteiger partial charge >= 0.3 is 0 Å². The van der Waals surface area contributed by atoms with Gasteiger partial charge in [-0.05, 0) is 134 Å². The Bertz CT molecular complexity index is 3270. The van der Waals surface area contributed by atoms with Gasteiger partial charge in [-0.15, -0.1) is 0 Å². The quantitative estimate of drug-likeness (QED) is 0.156. The van der Waals surface area contributed by atoms with Crippen LogP contribution in [0.2, 0.25) is 0 Å². The zero-order chi connectivity index (χ0) is 37.0. The molecule has 56 heavy (non-hydrogen) atoms. The van der Waals surface area contributed by atoms with E-state index >= 15 is 0 Å². The van der Waals surface area contributed by atoms with Gasteiger partial charge in [-0.2, -0.15) is 0 Å². The summed E-state index contributed by atoms with van der Waals surface area (Å²) in [6, 6.07) is 80.6. The van der Waals surface area contributed by atoms with E-state index < -0.39 is 0 Å². The number of rotatable bonds is 5. The number of fused-ring (bicyclic) bond motifs is 6. The molecule has 260 valence electrons. The second-order valence-electron chi connectivity index (χ2n) is 14.8. The molecule has 11 aromatic carbocycles. The maximum absolute atomic E-state index is 2.47. The maximum atomic E-state index is 2.47. The van der Waals surface area contributed by atoms with Crippen LogP contribution in [0.15, 0.2) is 218 Å². The fourth-order valence-electron chi connectivity index (χ4n) is 9.00. The first kappa shape index (κ1) is 32.2. The molecule has 0 aromatic heterocycles. The van der Waals surface area contributed by atoms with E-state index in [0.717, 1.165) is 0 Å². The smallest absolute Gasteiger partial charge is 0.00137 e. The van der Waals surface area contributed by atoms with Crippen molar-refractivity contribution < 1.29 is 0 Å². The highest BCUT2D eigenvalue weighted by molar-refractivity contribution is 6.26. The summed E-state index contributed by atoms with van der Waals surface area (Å²) in [5.41, 5.74) is 12.3. The Hall–Kier alpha value is -7.28. The van der Waals surface area contributed by atoms with Crippen LogP contribution < -0.4 is 0 Å². The Morgan fingerprint density at radius 1 is 0.179 bits per heavy atom. The average molecular weight is 709 g/mol. The molecule has 0 N–H and O–H groups in total. The molecule has 0 spiro atoms. The van der Waals surface area contributed by atoms with Crippen molar-refractivity contribution in [2.24, 2.45) is 0 Å². The molecular weight excluding hydrogens is 673 g/mol. The minimum atomic E-state index is 1.20. The Labute approximate surface area is 326 Å². The van der Waals surface area contributed by atoms with E-state index in [0.29, 0.717) is 0 Å². The van der Waals surface area contributed by atoms with Crippen LogP contribution in [0.3, 0.4) is 0 Å². The van der Waals surface area contributed by atoms with Crippen LogP contribution in [0.5, 0.6) is 0 Å². The first-order chi connectivity index (χ1) is 27.8. The third-order valence-corrected chi connectivity index (χ3v) is 11.6. The second-order valence-corrected chi connectivity index (χ2v) is 14.8. The molecule has 0 unspecified atom stereocenters. The summed E-state index contributed by atoms with van der Waals surface area (Å²) in [5.74, 6) is 0. The minimum Gasteiger partial charge on any atom is -0.0622 e. The van der Waals surface area contributed by atoms with Crippen LogP contribution in [0.1, 0.15) is 0 Å². The lowest BCUT2D eigenvalue weighted by Crippen LogP contribution is -1.95.